The molecule has 7 heteroatoms. The van der Waals surface area contributed by atoms with Crippen LogP contribution in [-0.2, 0) is 0 Å². The van der Waals surface area contributed by atoms with E-state index in [2.05, 4.69) is 10.3 Å². The number of nitrogens with one attached hydrogen (secondary N) is 1. The number of aromatic nitrogens is 1. The molecule has 1 aromatic rings. The highest BCUT2D eigenvalue weighted by Crippen LogP contribution is 2.51. The van der Waals surface area contributed by atoms with Gasteiger partial charge in [0.1, 0.15) is 6.10 Å². The second-order valence-corrected chi connectivity index (χ2v) is 5.07. The first kappa shape index (κ1) is 13.9. The van der Waals surface area contributed by atoms with Crippen LogP contribution in [0.25, 0.3) is 0 Å². The molecule has 104 valence electrons. The largest absolute Gasteiger partial charge is 0.485 e. The monoisotopic (exact) mass is 284 g/mol. The minimum absolute atomic E-state index is 0. The van der Waals surface area contributed by atoms with Gasteiger partial charge in [0.15, 0.2) is 11.6 Å². The number of nitrogens with two attached hydrogens (primary N) is 2. The van der Waals surface area contributed by atoms with Crippen LogP contribution in [0.15, 0.2) is 12.3 Å². The Balaban J connectivity index is 0.00000133. The number of nitrogen functional groups attached to an aromatic ring is 1. The summed E-state index contributed by atoms with van der Waals surface area (Å²) >= 11 is 0. The first-order valence-corrected chi connectivity index (χ1v) is 6.03. The van der Waals surface area contributed by atoms with Gasteiger partial charge in [0.2, 0.25) is 5.91 Å². The standard InChI is InChI=1S/C12H16N4O2.ClH/c13-10-8(3-7(4-16-10)11(14)17)18-9-5-15-6-12(9)1-2-12;/h3-4,9,15H,1-2,5-6H2,(H2,13,16)(H2,14,17);1H. The molecule has 1 unspecified atom stereocenters. The molecule has 2 fully saturated rings. The van der Waals surface area contributed by atoms with Crippen molar-refractivity contribution in [2.45, 2.75) is 18.9 Å². The summed E-state index contributed by atoms with van der Waals surface area (Å²) in [4.78, 5) is 15.1. The van der Waals surface area contributed by atoms with Gasteiger partial charge in [0.25, 0.3) is 0 Å². The van der Waals surface area contributed by atoms with E-state index in [-0.39, 0.29) is 23.9 Å². The van der Waals surface area contributed by atoms with Crippen LogP contribution < -0.4 is 21.5 Å². The molecule has 6 nitrogen and oxygen atoms in total. The average Bonchev–Trinajstić information content (AvgIpc) is 3.00. The van der Waals surface area contributed by atoms with Crippen molar-refractivity contribution in [3.8, 4) is 5.75 Å². The lowest BCUT2D eigenvalue weighted by Crippen LogP contribution is -2.27. The van der Waals surface area contributed by atoms with E-state index in [0.717, 1.165) is 13.1 Å². The van der Waals surface area contributed by atoms with E-state index in [1.165, 1.54) is 19.0 Å². The van der Waals surface area contributed by atoms with Crippen LogP contribution in [-0.4, -0.2) is 30.1 Å². The molecule has 1 aromatic heterocycles. The number of anilines is 1. The fraction of sp³-hybridized carbons (Fsp3) is 0.500. The lowest BCUT2D eigenvalue weighted by atomic mass is 10.0. The van der Waals surface area contributed by atoms with Crippen LogP contribution in [0.1, 0.15) is 23.2 Å². The lowest BCUT2D eigenvalue weighted by molar-refractivity contribution is 0.0998. The molecular formula is C12H17ClN4O2. The maximum absolute atomic E-state index is 11.1. The van der Waals surface area contributed by atoms with Crippen LogP contribution in [0, 0.1) is 5.41 Å². The summed E-state index contributed by atoms with van der Waals surface area (Å²) < 4.78 is 5.92. The molecule has 1 aliphatic heterocycles. The van der Waals surface area contributed by atoms with Crippen molar-refractivity contribution in [2.24, 2.45) is 11.1 Å². The van der Waals surface area contributed by atoms with Crippen molar-refractivity contribution in [1.82, 2.24) is 10.3 Å². The van der Waals surface area contributed by atoms with Gasteiger partial charge in [-0.05, 0) is 18.9 Å². The number of halogens is 1. The lowest BCUT2D eigenvalue weighted by Gasteiger charge is -2.20. The molecule has 1 atom stereocenters. The Bertz CT molecular complexity index is 505. The number of pyridine rings is 1. The third-order valence-electron chi connectivity index (χ3n) is 3.82. The topological polar surface area (TPSA) is 103 Å². The van der Waals surface area contributed by atoms with E-state index in [1.807, 2.05) is 0 Å². The van der Waals surface area contributed by atoms with Crippen LogP contribution in [0.4, 0.5) is 5.82 Å². The Hall–Kier alpha value is -1.53. The Morgan fingerprint density at radius 2 is 2.26 bits per heavy atom. The number of amides is 1. The van der Waals surface area contributed by atoms with Crippen molar-refractivity contribution < 1.29 is 9.53 Å². The quantitative estimate of drug-likeness (QED) is 0.741. The summed E-state index contributed by atoms with van der Waals surface area (Å²) in [5, 5.41) is 3.32. The Labute approximate surface area is 117 Å². The minimum atomic E-state index is -0.530. The molecule has 0 radical (unpaired) electrons. The summed E-state index contributed by atoms with van der Waals surface area (Å²) in [6.45, 7) is 1.79. The first-order chi connectivity index (χ1) is 8.61. The summed E-state index contributed by atoms with van der Waals surface area (Å²) in [7, 11) is 0. The van der Waals surface area contributed by atoms with E-state index in [4.69, 9.17) is 16.2 Å². The molecule has 1 saturated carbocycles. The summed E-state index contributed by atoms with van der Waals surface area (Å²) in [5.41, 5.74) is 11.6. The predicted molar refractivity (Wildman–Crippen MR) is 73.4 cm³/mol. The number of carbonyl (C=O) groups is 1. The van der Waals surface area contributed by atoms with E-state index in [1.54, 1.807) is 6.07 Å². The van der Waals surface area contributed by atoms with Crippen molar-refractivity contribution in [3.05, 3.63) is 17.8 Å². The van der Waals surface area contributed by atoms with Gasteiger partial charge in [-0.3, -0.25) is 4.79 Å². The third-order valence-corrected chi connectivity index (χ3v) is 3.82. The SMILES string of the molecule is Cl.NC(=O)c1cnc(N)c(OC2CNCC23CC3)c1. The van der Waals surface area contributed by atoms with Gasteiger partial charge in [0.05, 0.1) is 5.56 Å². The second-order valence-electron chi connectivity index (χ2n) is 5.07. The molecule has 0 aromatic carbocycles. The predicted octanol–water partition coefficient (Wildman–Crippen LogP) is 0.315. The fourth-order valence-corrected chi connectivity index (χ4v) is 2.45. The van der Waals surface area contributed by atoms with Gasteiger partial charge >= 0.3 is 0 Å². The summed E-state index contributed by atoms with van der Waals surface area (Å²) in [6.07, 6.45) is 3.82. The number of ether oxygens (including phenoxy) is 1. The summed E-state index contributed by atoms with van der Waals surface area (Å²) in [5.74, 6) is 0.215. The van der Waals surface area contributed by atoms with Gasteiger partial charge in [-0.15, -0.1) is 12.4 Å². The zero-order valence-electron chi connectivity index (χ0n) is 10.4. The molecular weight excluding hydrogens is 268 g/mol. The highest BCUT2D eigenvalue weighted by molar-refractivity contribution is 5.93. The Kier molecular flexibility index (Phi) is 3.56. The highest BCUT2D eigenvalue weighted by atomic mass is 35.5. The van der Waals surface area contributed by atoms with Crippen molar-refractivity contribution >= 4 is 24.1 Å². The molecule has 5 N–H and O–H groups in total. The number of hydrogen-bond donors (Lipinski definition) is 3. The molecule has 1 saturated heterocycles. The van der Waals surface area contributed by atoms with Gasteiger partial charge < -0.3 is 21.5 Å². The molecule has 2 aliphatic rings. The number of nitrogens with zero attached hydrogens (tertiary/aromatic N) is 1. The molecule has 1 spiro atoms. The zero-order chi connectivity index (χ0) is 12.8. The Morgan fingerprint density at radius 1 is 1.53 bits per heavy atom. The number of primary amides is 1. The van der Waals surface area contributed by atoms with Crippen LogP contribution in [0.5, 0.6) is 5.75 Å². The van der Waals surface area contributed by atoms with Crippen LogP contribution in [0.2, 0.25) is 0 Å². The number of rotatable bonds is 3. The van der Waals surface area contributed by atoms with E-state index in [9.17, 15) is 4.79 Å². The molecule has 1 aliphatic carbocycles. The average molecular weight is 285 g/mol. The van der Waals surface area contributed by atoms with E-state index >= 15 is 0 Å². The maximum atomic E-state index is 11.1. The number of hydrogen-bond acceptors (Lipinski definition) is 5. The Morgan fingerprint density at radius 3 is 2.89 bits per heavy atom. The van der Waals surface area contributed by atoms with Crippen LogP contribution >= 0.6 is 12.4 Å². The van der Waals surface area contributed by atoms with Crippen molar-refractivity contribution in [1.29, 1.82) is 0 Å². The van der Waals surface area contributed by atoms with Gasteiger partial charge in [-0.1, -0.05) is 0 Å². The van der Waals surface area contributed by atoms with Gasteiger partial charge in [-0.2, -0.15) is 0 Å². The smallest absolute Gasteiger partial charge is 0.250 e. The maximum Gasteiger partial charge on any atom is 0.250 e. The fourth-order valence-electron chi connectivity index (χ4n) is 2.45. The first-order valence-electron chi connectivity index (χ1n) is 6.03. The van der Waals surface area contributed by atoms with Crippen molar-refractivity contribution in [2.75, 3.05) is 18.8 Å². The zero-order valence-corrected chi connectivity index (χ0v) is 11.2. The van der Waals surface area contributed by atoms with Gasteiger partial charge in [-0.25, -0.2) is 4.98 Å². The van der Waals surface area contributed by atoms with E-state index in [0.29, 0.717) is 17.1 Å². The molecule has 2 heterocycles. The van der Waals surface area contributed by atoms with Gasteiger partial charge in [0, 0.05) is 24.7 Å². The minimum Gasteiger partial charge on any atom is -0.485 e. The molecule has 3 rings (SSSR count). The van der Waals surface area contributed by atoms with E-state index < -0.39 is 5.91 Å². The normalized spacial score (nSPS) is 22.8. The third kappa shape index (κ3) is 2.46. The second kappa shape index (κ2) is 4.86. The highest BCUT2D eigenvalue weighted by Gasteiger charge is 2.54. The summed E-state index contributed by atoms with van der Waals surface area (Å²) in [6, 6.07) is 1.57. The molecule has 19 heavy (non-hydrogen) atoms. The van der Waals surface area contributed by atoms with Crippen LogP contribution in [0.3, 0.4) is 0 Å². The van der Waals surface area contributed by atoms with Crippen molar-refractivity contribution in [3.63, 3.8) is 0 Å². The molecule has 0 bridgehead atoms. The molecule has 1 amide bonds. The number of carbonyl (C=O) groups excluding carboxylic acids is 1.